The second-order valence-corrected chi connectivity index (χ2v) is 7.81. The van der Waals surface area contributed by atoms with Crippen molar-refractivity contribution in [2.24, 2.45) is 5.92 Å². The summed E-state index contributed by atoms with van der Waals surface area (Å²) in [6.07, 6.45) is 2.95. The predicted octanol–water partition coefficient (Wildman–Crippen LogP) is 2.54. The molecule has 0 saturated carbocycles. The number of nitrogens with one attached hydrogen (secondary N) is 1. The third-order valence-corrected chi connectivity index (χ3v) is 6.05. The summed E-state index contributed by atoms with van der Waals surface area (Å²) in [5, 5.41) is 3.32. The van der Waals surface area contributed by atoms with Crippen molar-refractivity contribution in [2.45, 2.75) is 33.1 Å². The largest absolute Gasteiger partial charge is 0.317 e. The Morgan fingerprint density at radius 1 is 1.29 bits per heavy atom. The van der Waals surface area contributed by atoms with Gasteiger partial charge in [0, 0.05) is 6.54 Å². The Morgan fingerprint density at radius 3 is 2.62 bits per heavy atom. The van der Waals surface area contributed by atoms with Crippen molar-refractivity contribution in [1.29, 1.82) is 0 Å². The molecular formula is C16H26N2O2S. The van der Waals surface area contributed by atoms with E-state index in [0.29, 0.717) is 12.5 Å². The van der Waals surface area contributed by atoms with E-state index in [-0.39, 0.29) is 5.75 Å². The molecule has 0 atom stereocenters. The lowest BCUT2D eigenvalue weighted by Gasteiger charge is -2.26. The molecule has 0 aliphatic carbocycles. The monoisotopic (exact) mass is 310 g/mol. The van der Waals surface area contributed by atoms with Crippen molar-refractivity contribution in [3.63, 3.8) is 0 Å². The molecule has 1 aliphatic heterocycles. The first kappa shape index (κ1) is 16.3. The van der Waals surface area contributed by atoms with Gasteiger partial charge in [0.05, 0.1) is 11.4 Å². The van der Waals surface area contributed by atoms with Crippen LogP contribution in [0.4, 0.5) is 5.69 Å². The summed E-state index contributed by atoms with van der Waals surface area (Å²) in [5.41, 5.74) is 1.86. The summed E-state index contributed by atoms with van der Waals surface area (Å²) >= 11 is 0. The summed E-state index contributed by atoms with van der Waals surface area (Å²) in [5.74, 6) is 0.789. The van der Waals surface area contributed by atoms with Crippen LogP contribution in [-0.4, -0.2) is 33.8 Å². The van der Waals surface area contributed by atoms with Crippen molar-refractivity contribution >= 4 is 15.7 Å². The van der Waals surface area contributed by atoms with Gasteiger partial charge in [-0.05, 0) is 69.8 Å². The number of benzene rings is 1. The molecule has 1 aromatic carbocycles. The molecule has 0 spiro atoms. The van der Waals surface area contributed by atoms with Gasteiger partial charge in [0.1, 0.15) is 0 Å². The number of rotatable bonds is 6. The summed E-state index contributed by atoms with van der Waals surface area (Å²) in [6, 6.07) is 7.71. The Morgan fingerprint density at radius 2 is 2.00 bits per heavy atom. The Kier molecular flexibility index (Phi) is 5.65. The minimum Gasteiger partial charge on any atom is -0.317 e. The summed E-state index contributed by atoms with van der Waals surface area (Å²) in [7, 11) is -3.23. The third kappa shape index (κ3) is 4.45. The molecule has 1 saturated heterocycles. The zero-order chi connectivity index (χ0) is 15.3. The van der Waals surface area contributed by atoms with E-state index in [1.807, 2.05) is 38.1 Å². The number of hydrogen-bond donors (Lipinski definition) is 1. The second-order valence-electron chi connectivity index (χ2n) is 5.80. The van der Waals surface area contributed by atoms with E-state index in [1.165, 1.54) is 0 Å². The van der Waals surface area contributed by atoms with Gasteiger partial charge in [-0.25, -0.2) is 8.42 Å². The zero-order valence-corrected chi connectivity index (χ0v) is 13.8. The van der Waals surface area contributed by atoms with E-state index in [0.717, 1.165) is 43.6 Å². The minimum absolute atomic E-state index is 0.249. The first-order chi connectivity index (χ1) is 10.0. The quantitative estimate of drug-likeness (QED) is 0.878. The highest BCUT2D eigenvalue weighted by Crippen LogP contribution is 2.22. The van der Waals surface area contributed by atoms with E-state index in [1.54, 1.807) is 4.31 Å². The molecule has 1 N–H and O–H groups in total. The number of piperidine rings is 1. The summed E-state index contributed by atoms with van der Waals surface area (Å²) in [6.45, 7) is 6.39. The standard InChI is InChI=1S/C16H26N2O2S/c1-3-18(16-6-4-5-14(2)13-16)21(19,20)12-9-15-7-10-17-11-8-15/h4-6,13,15,17H,3,7-12H2,1-2H3. The molecule has 0 amide bonds. The zero-order valence-electron chi connectivity index (χ0n) is 13.0. The molecule has 0 unspecified atom stereocenters. The molecule has 0 aromatic heterocycles. The van der Waals surface area contributed by atoms with Gasteiger partial charge in [-0.3, -0.25) is 4.31 Å². The number of hydrogen-bond acceptors (Lipinski definition) is 3. The van der Waals surface area contributed by atoms with Crippen LogP contribution in [-0.2, 0) is 10.0 Å². The van der Waals surface area contributed by atoms with Crippen LogP contribution in [0.2, 0.25) is 0 Å². The first-order valence-corrected chi connectivity index (χ1v) is 9.41. The molecule has 1 aromatic rings. The Hall–Kier alpha value is -1.07. The number of nitrogens with zero attached hydrogens (tertiary/aromatic N) is 1. The van der Waals surface area contributed by atoms with Crippen LogP contribution >= 0.6 is 0 Å². The second kappa shape index (κ2) is 7.27. The Labute approximate surface area is 128 Å². The molecule has 1 aliphatic rings. The molecule has 118 valence electrons. The maximum Gasteiger partial charge on any atom is 0.235 e. The highest BCUT2D eigenvalue weighted by atomic mass is 32.2. The average molecular weight is 310 g/mol. The molecule has 0 bridgehead atoms. The predicted molar refractivity (Wildman–Crippen MR) is 88.2 cm³/mol. The van der Waals surface area contributed by atoms with Crippen molar-refractivity contribution < 1.29 is 8.42 Å². The van der Waals surface area contributed by atoms with Crippen molar-refractivity contribution in [2.75, 3.05) is 29.7 Å². The van der Waals surface area contributed by atoms with Gasteiger partial charge in [-0.1, -0.05) is 12.1 Å². The van der Waals surface area contributed by atoms with Gasteiger partial charge in [-0.2, -0.15) is 0 Å². The van der Waals surface area contributed by atoms with Crippen LogP contribution in [0.3, 0.4) is 0 Å². The van der Waals surface area contributed by atoms with Crippen LogP contribution in [0.15, 0.2) is 24.3 Å². The van der Waals surface area contributed by atoms with Crippen LogP contribution in [0.5, 0.6) is 0 Å². The molecule has 1 heterocycles. The number of anilines is 1. The minimum atomic E-state index is -3.23. The van der Waals surface area contributed by atoms with E-state index < -0.39 is 10.0 Å². The van der Waals surface area contributed by atoms with Gasteiger partial charge in [0.2, 0.25) is 10.0 Å². The van der Waals surface area contributed by atoms with Crippen LogP contribution in [0.25, 0.3) is 0 Å². The van der Waals surface area contributed by atoms with E-state index >= 15 is 0 Å². The Balaban J connectivity index is 2.05. The summed E-state index contributed by atoms with van der Waals surface area (Å²) in [4.78, 5) is 0. The Bertz CT molecular complexity index is 551. The van der Waals surface area contributed by atoms with Gasteiger partial charge in [-0.15, -0.1) is 0 Å². The fourth-order valence-corrected chi connectivity index (χ4v) is 4.60. The van der Waals surface area contributed by atoms with E-state index in [9.17, 15) is 8.42 Å². The van der Waals surface area contributed by atoms with E-state index in [4.69, 9.17) is 0 Å². The van der Waals surface area contributed by atoms with Gasteiger partial charge < -0.3 is 5.32 Å². The molecule has 5 heteroatoms. The maximum atomic E-state index is 12.6. The number of sulfonamides is 1. The third-order valence-electron chi connectivity index (χ3n) is 4.16. The van der Waals surface area contributed by atoms with Gasteiger partial charge in [0.25, 0.3) is 0 Å². The number of aryl methyl sites for hydroxylation is 1. The molecule has 2 rings (SSSR count). The lowest BCUT2D eigenvalue weighted by atomic mass is 9.96. The van der Waals surface area contributed by atoms with E-state index in [2.05, 4.69) is 5.32 Å². The SMILES string of the molecule is CCN(c1cccc(C)c1)S(=O)(=O)CCC1CCNCC1. The van der Waals surface area contributed by atoms with Crippen molar-refractivity contribution in [3.05, 3.63) is 29.8 Å². The van der Waals surface area contributed by atoms with Crippen LogP contribution in [0, 0.1) is 12.8 Å². The maximum absolute atomic E-state index is 12.6. The first-order valence-electron chi connectivity index (χ1n) is 7.80. The molecule has 21 heavy (non-hydrogen) atoms. The molecular weight excluding hydrogens is 284 g/mol. The van der Waals surface area contributed by atoms with Crippen molar-refractivity contribution in [1.82, 2.24) is 5.32 Å². The van der Waals surface area contributed by atoms with Gasteiger partial charge >= 0.3 is 0 Å². The molecule has 1 fully saturated rings. The fourth-order valence-electron chi connectivity index (χ4n) is 2.92. The highest BCUT2D eigenvalue weighted by molar-refractivity contribution is 7.92. The van der Waals surface area contributed by atoms with Crippen molar-refractivity contribution in [3.8, 4) is 0 Å². The average Bonchev–Trinajstić information content (AvgIpc) is 2.47. The lowest BCUT2D eigenvalue weighted by Crippen LogP contribution is -2.35. The topological polar surface area (TPSA) is 49.4 Å². The summed E-state index contributed by atoms with van der Waals surface area (Å²) < 4.78 is 26.8. The molecule has 4 nitrogen and oxygen atoms in total. The highest BCUT2D eigenvalue weighted by Gasteiger charge is 2.23. The van der Waals surface area contributed by atoms with Crippen LogP contribution in [0.1, 0.15) is 31.7 Å². The lowest BCUT2D eigenvalue weighted by molar-refractivity contribution is 0.365. The smallest absolute Gasteiger partial charge is 0.235 e. The fraction of sp³-hybridized carbons (Fsp3) is 0.625. The van der Waals surface area contributed by atoms with Gasteiger partial charge in [0.15, 0.2) is 0 Å². The molecule has 0 radical (unpaired) electrons. The van der Waals surface area contributed by atoms with Crippen LogP contribution < -0.4 is 9.62 Å². The normalized spacial score (nSPS) is 16.9.